The lowest BCUT2D eigenvalue weighted by atomic mass is 10.00. The van der Waals surface area contributed by atoms with Crippen LogP contribution in [0.2, 0.25) is 5.02 Å². The van der Waals surface area contributed by atoms with Crippen molar-refractivity contribution in [1.82, 2.24) is 0 Å². The molecular formula is C17H15ClN2O2. The fourth-order valence-corrected chi connectivity index (χ4v) is 2.71. The number of amides is 2. The van der Waals surface area contributed by atoms with E-state index in [1.165, 1.54) is 0 Å². The third-order valence-electron chi connectivity index (χ3n) is 3.70. The molecule has 0 atom stereocenters. The molecule has 2 amide bonds. The van der Waals surface area contributed by atoms with E-state index in [0.717, 1.165) is 22.5 Å². The van der Waals surface area contributed by atoms with Gasteiger partial charge in [0.1, 0.15) is 0 Å². The van der Waals surface area contributed by atoms with Crippen molar-refractivity contribution < 1.29 is 9.59 Å². The largest absolute Gasteiger partial charge is 0.326 e. The maximum absolute atomic E-state index is 12.4. The van der Waals surface area contributed by atoms with Crippen LogP contribution in [0.3, 0.4) is 0 Å². The maximum Gasteiger partial charge on any atom is 0.255 e. The standard InChI is InChI=1S/C17H15ClN2O2/c1-10-8-13(18)4-6-14(10)20-17(22)12-2-5-15-11(9-12)3-7-16(21)19-15/h2,4-6,8-9H,3,7H2,1H3,(H,19,21)(H,20,22). The Morgan fingerprint density at radius 3 is 2.77 bits per heavy atom. The molecule has 1 aliphatic rings. The van der Waals surface area contributed by atoms with E-state index in [1.807, 2.05) is 13.0 Å². The molecule has 2 N–H and O–H groups in total. The van der Waals surface area contributed by atoms with Crippen molar-refractivity contribution in [3.8, 4) is 0 Å². The number of anilines is 2. The Balaban J connectivity index is 1.82. The lowest BCUT2D eigenvalue weighted by molar-refractivity contribution is -0.116. The molecule has 0 aromatic heterocycles. The Bertz CT molecular complexity index is 771. The third-order valence-corrected chi connectivity index (χ3v) is 3.93. The van der Waals surface area contributed by atoms with E-state index in [9.17, 15) is 9.59 Å². The van der Waals surface area contributed by atoms with Crippen LogP contribution in [0.5, 0.6) is 0 Å². The van der Waals surface area contributed by atoms with Crippen LogP contribution >= 0.6 is 11.6 Å². The molecule has 112 valence electrons. The minimum absolute atomic E-state index is 0.0153. The number of halogens is 1. The number of hydrogen-bond acceptors (Lipinski definition) is 2. The van der Waals surface area contributed by atoms with E-state index in [0.29, 0.717) is 23.4 Å². The third kappa shape index (κ3) is 2.97. The molecular weight excluding hydrogens is 300 g/mol. The van der Waals surface area contributed by atoms with Crippen LogP contribution in [0.4, 0.5) is 11.4 Å². The number of hydrogen-bond donors (Lipinski definition) is 2. The lowest BCUT2D eigenvalue weighted by Crippen LogP contribution is -2.20. The summed E-state index contributed by atoms with van der Waals surface area (Å²) in [6, 6.07) is 10.6. The van der Waals surface area contributed by atoms with Crippen LogP contribution in [0.1, 0.15) is 27.9 Å². The molecule has 0 aliphatic carbocycles. The highest BCUT2D eigenvalue weighted by atomic mass is 35.5. The van der Waals surface area contributed by atoms with Crippen LogP contribution in [-0.4, -0.2) is 11.8 Å². The fraction of sp³-hybridized carbons (Fsp3) is 0.176. The van der Waals surface area contributed by atoms with Gasteiger partial charge in [0.05, 0.1) is 0 Å². The number of fused-ring (bicyclic) bond motifs is 1. The Morgan fingerprint density at radius 2 is 2.00 bits per heavy atom. The molecule has 0 saturated heterocycles. The Kier molecular flexibility index (Phi) is 3.86. The topological polar surface area (TPSA) is 58.2 Å². The van der Waals surface area contributed by atoms with Gasteiger partial charge in [0.2, 0.25) is 5.91 Å². The van der Waals surface area contributed by atoms with Crippen molar-refractivity contribution in [1.29, 1.82) is 0 Å². The second-order valence-corrected chi connectivity index (χ2v) is 5.77. The van der Waals surface area contributed by atoms with E-state index < -0.39 is 0 Å². The fourth-order valence-electron chi connectivity index (χ4n) is 2.49. The van der Waals surface area contributed by atoms with Crippen molar-refractivity contribution in [3.63, 3.8) is 0 Å². The van der Waals surface area contributed by atoms with Crippen molar-refractivity contribution in [2.45, 2.75) is 19.8 Å². The van der Waals surface area contributed by atoms with Gasteiger partial charge in [-0.2, -0.15) is 0 Å². The summed E-state index contributed by atoms with van der Waals surface area (Å²) >= 11 is 5.91. The zero-order valence-corrected chi connectivity index (χ0v) is 12.8. The van der Waals surface area contributed by atoms with Crippen molar-refractivity contribution >= 4 is 34.8 Å². The van der Waals surface area contributed by atoms with Gasteiger partial charge in [-0.1, -0.05) is 11.6 Å². The highest BCUT2D eigenvalue weighted by Crippen LogP contribution is 2.25. The SMILES string of the molecule is Cc1cc(Cl)ccc1NC(=O)c1ccc2c(c1)CCC(=O)N2. The molecule has 1 heterocycles. The van der Waals surface area contributed by atoms with Gasteiger partial charge >= 0.3 is 0 Å². The summed E-state index contributed by atoms with van der Waals surface area (Å²) in [4.78, 5) is 23.7. The maximum atomic E-state index is 12.4. The molecule has 0 unspecified atom stereocenters. The molecule has 0 radical (unpaired) electrons. The molecule has 22 heavy (non-hydrogen) atoms. The number of nitrogens with one attached hydrogen (secondary N) is 2. The first-order valence-electron chi connectivity index (χ1n) is 7.03. The summed E-state index contributed by atoms with van der Waals surface area (Å²) in [5.41, 5.74) is 3.99. The first-order valence-corrected chi connectivity index (χ1v) is 7.41. The first kappa shape index (κ1) is 14.6. The van der Waals surface area contributed by atoms with Gasteiger partial charge in [-0.15, -0.1) is 0 Å². The molecule has 0 spiro atoms. The predicted octanol–water partition coefficient (Wildman–Crippen LogP) is 3.79. The summed E-state index contributed by atoms with van der Waals surface area (Å²) < 4.78 is 0. The summed E-state index contributed by atoms with van der Waals surface area (Å²) in [7, 11) is 0. The van der Waals surface area contributed by atoms with Crippen LogP contribution in [-0.2, 0) is 11.2 Å². The summed E-state index contributed by atoms with van der Waals surface area (Å²) in [5, 5.41) is 6.33. The Morgan fingerprint density at radius 1 is 1.18 bits per heavy atom. The second-order valence-electron chi connectivity index (χ2n) is 5.33. The van der Waals surface area contributed by atoms with Gasteiger partial charge < -0.3 is 10.6 Å². The van der Waals surface area contributed by atoms with Gasteiger partial charge in [-0.05, 0) is 60.9 Å². The molecule has 0 saturated carbocycles. The first-order chi connectivity index (χ1) is 10.5. The van der Waals surface area contributed by atoms with Crippen molar-refractivity contribution in [2.24, 2.45) is 0 Å². The van der Waals surface area contributed by atoms with Crippen LogP contribution in [0, 0.1) is 6.92 Å². The number of aryl methyl sites for hydroxylation is 2. The number of benzene rings is 2. The molecule has 2 aromatic carbocycles. The predicted molar refractivity (Wildman–Crippen MR) is 87.5 cm³/mol. The number of carbonyl (C=O) groups excluding carboxylic acids is 2. The molecule has 0 bridgehead atoms. The van der Waals surface area contributed by atoms with Gasteiger partial charge in [0, 0.05) is 28.4 Å². The highest BCUT2D eigenvalue weighted by Gasteiger charge is 2.17. The van der Waals surface area contributed by atoms with Gasteiger partial charge in [0.25, 0.3) is 5.91 Å². The van der Waals surface area contributed by atoms with Gasteiger partial charge in [-0.3, -0.25) is 9.59 Å². The molecule has 5 heteroatoms. The van der Waals surface area contributed by atoms with Crippen LogP contribution in [0.25, 0.3) is 0 Å². The lowest BCUT2D eigenvalue weighted by Gasteiger charge is -2.17. The summed E-state index contributed by atoms with van der Waals surface area (Å²) in [6.07, 6.45) is 1.11. The van der Waals surface area contributed by atoms with Crippen LogP contribution < -0.4 is 10.6 Å². The Labute approximate surface area is 133 Å². The van der Waals surface area contributed by atoms with Gasteiger partial charge in [-0.25, -0.2) is 0 Å². The van der Waals surface area contributed by atoms with Crippen LogP contribution in [0.15, 0.2) is 36.4 Å². The van der Waals surface area contributed by atoms with E-state index in [2.05, 4.69) is 10.6 Å². The zero-order chi connectivity index (χ0) is 15.7. The normalized spacial score (nSPS) is 13.3. The molecule has 4 nitrogen and oxygen atoms in total. The van der Waals surface area contributed by atoms with Crippen molar-refractivity contribution in [2.75, 3.05) is 10.6 Å². The Hall–Kier alpha value is -2.33. The molecule has 3 rings (SSSR count). The minimum Gasteiger partial charge on any atom is -0.326 e. The van der Waals surface area contributed by atoms with E-state index in [4.69, 9.17) is 11.6 Å². The number of carbonyl (C=O) groups is 2. The molecule has 0 fully saturated rings. The smallest absolute Gasteiger partial charge is 0.255 e. The average molecular weight is 315 g/mol. The highest BCUT2D eigenvalue weighted by molar-refractivity contribution is 6.30. The molecule has 2 aromatic rings. The average Bonchev–Trinajstić information content (AvgIpc) is 2.49. The minimum atomic E-state index is -0.176. The van der Waals surface area contributed by atoms with E-state index >= 15 is 0 Å². The molecule has 1 aliphatic heterocycles. The number of rotatable bonds is 2. The second kappa shape index (κ2) is 5.81. The van der Waals surface area contributed by atoms with Crippen molar-refractivity contribution in [3.05, 3.63) is 58.1 Å². The summed E-state index contributed by atoms with van der Waals surface area (Å²) in [5.74, 6) is -0.161. The zero-order valence-electron chi connectivity index (χ0n) is 12.1. The van der Waals surface area contributed by atoms with E-state index in [1.54, 1.807) is 30.3 Å². The monoisotopic (exact) mass is 314 g/mol. The quantitative estimate of drug-likeness (QED) is 0.886. The van der Waals surface area contributed by atoms with E-state index in [-0.39, 0.29) is 11.8 Å². The van der Waals surface area contributed by atoms with Gasteiger partial charge in [0.15, 0.2) is 0 Å². The summed E-state index contributed by atoms with van der Waals surface area (Å²) in [6.45, 7) is 1.89.